The number of aromatic nitrogens is 1. The smallest absolute Gasteiger partial charge is 0.241 e. The van der Waals surface area contributed by atoms with Crippen LogP contribution in [0.3, 0.4) is 0 Å². The van der Waals surface area contributed by atoms with E-state index in [9.17, 15) is 8.42 Å². The van der Waals surface area contributed by atoms with E-state index in [0.717, 1.165) is 11.5 Å². The molecule has 3 N–H and O–H groups in total. The number of nitrogens with zero attached hydrogens (tertiary/aromatic N) is 2. The first-order chi connectivity index (χ1) is 13.5. The summed E-state index contributed by atoms with van der Waals surface area (Å²) in [7, 11) is -3.65. The van der Waals surface area contributed by atoms with Crippen LogP contribution >= 0.6 is 0 Å². The van der Waals surface area contributed by atoms with Gasteiger partial charge in [0.15, 0.2) is 5.96 Å². The lowest BCUT2D eigenvalue weighted by Crippen LogP contribution is -2.40. The molecule has 2 aromatic rings. The number of nitrogens with one attached hydrogen (secondary N) is 3. The van der Waals surface area contributed by atoms with Crippen molar-refractivity contribution in [3.63, 3.8) is 0 Å². The normalized spacial score (nSPS) is 12.8. The molecule has 0 fully saturated rings. The van der Waals surface area contributed by atoms with E-state index in [1.165, 1.54) is 0 Å². The standard InChI is InChI=1S/C20H31N5O3S/c1-7-21-19(23-13-18-24-14(2)15(3)28-18)22-12-16-10-8-9-11-17(16)29(26,27)25-20(4,5)6/h8-11,25H,7,12-13H2,1-6H3,(H2,21,22,23). The molecule has 9 heteroatoms. The lowest BCUT2D eigenvalue weighted by atomic mass is 10.1. The summed E-state index contributed by atoms with van der Waals surface area (Å²) in [4.78, 5) is 9.10. The molecule has 1 aromatic heterocycles. The molecule has 29 heavy (non-hydrogen) atoms. The fraction of sp³-hybridized carbons (Fsp3) is 0.500. The van der Waals surface area contributed by atoms with Gasteiger partial charge in [0.2, 0.25) is 15.9 Å². The number of hydrogen-bond donors (Lipinski definition) is 3. The van der Waals surface area contributed by atoms with Gasteiger partial charge in [-0.1, -0.05) is 18.2 Å². The first-order valence-electron chi connectivity index (χ1n) is 9.59. The van der Waals surface area contributed by atoms with Crippen molar-refractivity contribution in [3.8, 4) is 0 Å². The molecular formula is C20H31N5O3S. The Morgan fingerprint density at radius 1 is 1.17 bits per heavy atom. The lowest BCUT2D eigenvalue weighted by molar-refractivity contribution is 0.463. The molecule has 0 amide bonds. The van der Waals surface area contributed by atoms with Gasteiger partial charge in [0.25, 0.3) is 0 Å². The predicted octanol–water partition coefficient (Wildman–Crippen LogP) is 2.62. The predicted molar refractivity (Wildman–Crippen MR) is 114 cm³/mol. The van der Waals surface area contributed by atoms with E-state index in [0.29, 0.717) is 30.5 Å². The Bertz CT molecular complexity index is 939. The van der Waals surface area contributed by atoms with Crippen LogP contribution < -0.4 is 15.4 Å². The van der Waals surface area contributed by atoms with Crippen LogP contribution in [0.1, 0.15) is 50.6 Å². The summed E-state index contributed by atoms with van der Waals surface area (Å²) in [5.74, 6) is 1.91. The van der Waals surface area contributed by atoms with Crippen molar-refractivity contribution in [1.29, 1.82) is 0 Å². The number of benzene rings is 1. The van der Waals surface area contributed by atoms with Crippen molar-refractivity contribution >= 4 is 16.0 Å². The van der Waals surface area contributed by atoms with Crippen molar-refractivity contribution in [2.75, 3.05) is 6.54 Å². The van der Waals surface area contributed by atoms with E-state index in [-0.39, 0.29) is 11.4 Å². The Hall–Kier alpha value is -2.39. The summed E-state index contributed by atoms with van der Waals surface area (Å²) in [6.45, 7) is 12.4. The number of aryl methyl sites for hydroxylation is 2. The maximum Gasteiger partial charge on any atom is 0.241 e. The van der Waals surface area contributed by atoms with Crippen LogP contribution in [0.25, 0.3) is 0 Å². The first kappa shape index (κ1) is 22.9. The molecule has 1 heterocycles. The largest absolute Gasteiger partial charge is 0.444 e. The van der Waals surface area contributed by atoms with Gasteiger partial charge in [-0.3, -0.25) is 0 Å². The van der Waals surface area contributed by atoms with E-state index in [1.54, 1.807) is 24.3 Å². The summed E-state index contributed by atoms with van der Waals surface area (Å²) in [5, 5.41) is 6.31. The third-order valence-electron chi connectivity index (χ3n) is 3.93. The molecular weight excluding hydrogens is 390 g/mol. The number of oxazole rings is 1. The molecule has 0 bridgehead atoms. The minimum Gasteiger partial charge on any atom is -0.444 e. The molecule has 0 spiro atoms. The average Bonchev–Trinajstić information content (AvgIpc) is 2.93. The minimum absolute atomic E-state index is 0.209. The Kier molecular flexibility index (Phi) is 7.43. The zero-order chi connectivity index (χ0) is 21.7. The van der Waals surface area contributed by atoms with E-state index < -0.39 is 15.6 Å². The van der Waals surface area contributed by atoms with Crippen LogP contribution in [-0.4, -0.2) is 31.4 Å². The molecule has 2 rings (SSSR count). The van der Waals surface area contributed by atoms with E-state index >= 15 is 0 Å². The van der Waals surface area contributed by atoms with E-state index in [2.05, 4.69) is 25.3 Å². The molecule has 0 unspecified atom stereocenters. The quantitative estimate of drug-likeness (QED) is 0.468. The molecule has 0 aliphatic heterocycles. The molecule has 0 radical (unpaired) electrons. The third kappa shape index (κ3) is 6.86. The van der Waals surface area contributed by atoms with Crippen molar-refractivity contribution in [2.45, 2.75) is 65.1 Å². The topological polar surface area (TPSA) is 109 Å². The van der Waals surface area contributed by atoms with Gasteiger partial charge in [-0.05, 0) is 53.2 Å². The SMILES string of the molecule is CCNC(=NCc1ccccc1S(=O)(=O)NC(C)(C)C)NCc1nc(C)c(C)o1. The highest BCUT2D eigenvalue weighted by Crippen LogP contribution is 2.18. The van der Waals surface area contributed by atoms with Gasteiger partial charge in [0.05, 0.1) is 23.7 Å². The van der Waals surface area contributed by atoms with Gasteiger partial charge in [0.1, 0.15) is 5.76 Å². The maximum absolute atomic E-state index is 12.8. The number of hydrogen-bond acceptors (Lipinski definition) is 5. The van der Waals surface area contributed by atoms with Gasteiger partial charge in [-0.2, -0.15) is 0 Å². The second kappa shape index (κ2) is 9.41. The second-order valence-electron chi connectivity index (χ2n) is 7.76. The molecule has 0 atom stereocenters. The number of sulfonamides is 1. The van der Waals surface area contributed by atoms with Crippen LogP contribution in [-0.2, 0) is 23.1 Å². The van der Waals surface area contributed by atoms with Gasteiger partial charge >= 0.3 is 0 Å². The molecule has 8 nitrogen and oxygen atoms in total. The molecule has 0 aliphatic rings. The molecule has 0 saturated heterocycles. The molecule has 160 valence electrons. The Balaban J connectivity index is 2.18. The Labute approximate surface area is 173 Å². The minimum atomic E-state index is -3.65. The van der Waals surface area contributed by atoms with Gasteiger partial charge < -0.3 is 15.1 Å². The van der Waals surface area contributed by atoms with Crippen molar-refractivity contribution in [3.05, 3.63) is 47.2 Å². The monoisotopic (exact) mass is 421 g/mol. The van der Waals surface area contributed by atoms with Crippen LogP contribution in [0.5, 0.6) is 0 Å². The van der Waals surface area contributed by atoms with Crippen molar-refractivity contribution < 1.29 is 12.8 Å². The van der Waals surface area contributed by atoms with Gasteiger partial charge in [0, 0.05) is 12.1 Å². The summed E-state index contributed by atoms with van der Waals surface area (Å²) in [6, 6.07) is 6.88. The highest BCUT2D eigenvalue weighted by atomic mass is 32.2. The fourth-order valence-electron chi connectivity index (χ4n) is 2.63. The third-order valence-corrected chi connectivity index (χ3v) is 5.79. The van der Waals surface area contributed by atoms with Crippen molar-refractivity contribution in [1.82, 2.24) is 20.3 Å². The average molecular weight is 422 g/mol. The van der Waals surface area contributed by atoms with Crippen LogP contribution in [0.15, 0.2) is 38.6 Å². The summed E-state index contributed by atoms with van der Waals surface area (Å²) in [5.41, 5.74) is 0.899. The van der Waals surface area contributed by atoms with Gasteiger partial charge in [-0.15, -0.1) is 0 Å². The molecule has 1 aromatic carbocycles. The maximum atomic E-state index is 12.8. The van der Waals surface area contributed by atoms with E-state index in [4.69, 9.17) is 4.42 Å². The number of rotatable bonds is 7. The highest BCUT2D eigenvalue weighted by Gasteiger charge is 2.24. The van der Waals surface area contributed by atoms with Crippen LogP contribution in [0.4, 0.5) is 0 Å². The zero-order valence-electron chi connectivity index (χ0n) is 18.0. The zero-order valence-corrected chi connectivity index (χ0v) is 18.8. The summed E-state index contributed by atoms with van der Waals surface area (Å²) < 4.78 is 33.8. The van der Waals surface area contributed by atoms with Crippen LogP contribution in [0, 0.1) is 13.8 Å². The Morgan fingerprint density at radius 2 is 1.86 bits per heavy atom. The second-order valence-corrected chi connectivity index (χ2v) is 9.41. The number of guanidine groups is 1. The fourth-order valence-corrected chi connectivity index (χ4v) is 4.29. The highest BCUT2D eigenvalue weighted by molar-refractivity contribution is 7.89. The summed E-state index contributed by atoms with van der Waals surface area (Å²) >= 11 is 0. The van der Waals surface area contributed by atoms with Gasteiger partial charge in [-0.25, -0.2) is 23.1 Å². The van der Waals surface area contributed by atoms with Crippen LogP contribution in [0.2, 0.25) is 0 Å². The van der Waals surface area contributed by atoms with E-state index in [1.807, 2.05) is 41.5 Å². The number of aliphatic imine (C=N–C) groups is 1. The first-order valence-corrected chi connectivity index (χ1v) is 11.1. The molecule has 0 aliphatic carbocycles. The summed E-state index contributed by atoms with van der Waals surface area (Å²) in [6.07, 6.45) is 0. The van der Waals surface area contributed by atoms with Crippen molar-refractivity contribution in [2.24, 2.45) is 4.99 Å². The molecule has 0 saturated carbocycles. The lowest BCUT2D eigenvalue weighted by Gasteiger charge is -2.21. The Morgan fingerprint density at radius 3 is 2.45 bits per heavy atom.